The van der Waals surface area contributed by atoms with Crippen LogP contribution in [-0.4, -0.2) is 23.4 Å². The molecule has 2 rings (SSSR count). The van der Waals surface area contributed by atoms with E-state index in [0.717, 1.165) is 0 Å². The highest BCUT2D eigenvalue weighted by Crippen LogP contribution is 2.24. The molecule has 132 valence electrons. The maximum atomic E-state index is 12.1. The van der Waals surface area contributed by atoms with Gasteiger partial charge in [-0.25, -0.2) is 4.79 Å². The lowest BCUT2D eigenvalue weighted by molar-refractivity contribution is -0.385. The fourth-order valence-electron chi connectivity index (χ4n) is 2.16. The Balaban J connectivity index is 2.03. The van der Waals surface area contributed by atoms with E-state index in [9.17, 15) is 19.7 Å². The lowest BCUT2D eigenvalue weighted by atomic mass is 10.1. The van der Waals surface area contributed by atoms with Gasteiger partial charge in [0.15, 0.2) is 6.61 Å². The van der Waals surface area contributed by atoms with Gasteiger partial charge in [0.1, 0.15) is 11.6 Å². The number of nitrogens with one attached hydrogen (secondary N) is 1. The highest BCUT2D eigenvalue weighted by atomic mass is 35.5. The summed E-state index contributed by atoms with van der Waals surface area (Å²) in [4.78, 5) is 34.3. The zero-order valence-electron chi connectivity index (χ0n) is 13.5. The lowest BCUT2D eigenvalue weighted by Gasteiger charge is -2.08. The van der Waals surface area contributed by atoms with Gasteiger partial charge >= 0.3 is 5.97 Å². The normalized spacial score (nSPS) is 9.88. The molecule has 1 N–H and O–H groups in total. The van der Waals surface area contributed by atoms with Crippen molar-refractivity contribution in [3.63, 3.8) is 0 Å². The standard InChI is InChI=1S/C17H12ClN3O5/c1-10-3-2-4-13(16(10)21(24)25)17(23)26-9-15(22)20-12-6-5-11(8-19)14(18)7-12/h2-7H,9H2,1H3,(H,20,22). The number of nitro groups is 1. The Morgan fingerprint density at radius 3 is 2.69 bits per heavy atom. The second kappa shape index (κ2) is 8.09. The van der Waals surface area contributed by atoms with Crippen LogP contribution >= 0.6 is 11.6 Å². The Kier molecular flexibility index (Phi) is 5.88. The predicted octanol–water partition coefficient (Wildman–Crippen LogP) is 3.22. The summed E-state index contributed by atoms with van der Waals surface area (Å²) in [5.41, 5.74) is 0.279. The van der Waals surface area contributed by atoms with Gasteiger partial charge in [0.25, 0.3) is 11.6 Å². The number of para-hydroxylation sites is 1. The van der Waals surface area contributed by atoms with Gasteiger partial charge in [-0.15, -0.1) is 0 Å². The Morgan fingerprint density at radius 1 is 1.35 bits per heavy atom. The molecule has 9 heteroatoms. The number of anilines is 1. The summed E-state index contributed by atoms with van der Waals surface area (Å²) in [6.07, 6.45) is 0. The Hall–Kier alpha value is -3.44. The van der Waals surface area contributed by atoms with Crippen molar-refractivity contribution >= 4 is 34.9 Å². The maximum Gasteiger partial charge on any atom is 0.345 e. The third kappa shape index (κ3) is 4.34. The van der Waals surface area contributed by atoms with Crippen molar-refractivity contribution in [2.75, 3.05) is 11.9 Å². The Bertz CT molecular complexity index is 936. The van der Waals surface area contributed by atoms with Gasteiger partial charge in [0, 0.05) is 11.3 Å². The van der Waals surface area contributed by atoms with Gasteiger partial charge in [-0.1, -0.05) is 23.7 Å². The van der Waals surface area contributed by atoms with Gasteiger partial charge in [0.2, 0.25) is 0 Å². The molecule has 26 heavy (non-hydrogen) atoms. The molecule has 0 saturated heterocycles. The average molecular weight is 374 g/mol. The number of rotatable bonds is 5. The summed E-state index contributed by atoms with van der Waals surface area (Å²) in [7, 11) is 0. The molecule has 0 unspecified atom stereocenters. The number of carbonyl (C=O) groups is 2. The van der Waals surface area contributed by atoms with Crippen molar-refractivity contribution < 1.29 is 19.2 Å². The molecule has 0 radical (unpaired) electrons. The maximum absolute atomic E-state index is 12.1. The van der Waals surface area contributed by atoms with Crippen LogP contribution in [-0.2, 0) is 9.53 Å². The first-order chi connectivity index (χ1) is 12.3. The van der Waals surface area contributed by atoms with Crippen molar-refractivity contribution in [2.45, 2.75) is 6.92 Å². The number of amides is 1. The van der Waals surface area contributed by atoms with Crippen LogP contribution in [0, 0.1) is 28.4 Å². The van der Waals surface area contributed by atoms with Gasteiger partial charge < -0.3 is 10.1 Å². The van der Waals surface area contributed by atoms with Crippen molar-refractivity contribution in [3.05, 3.63) is 68.2 Å². The number of nitriles is 1. The number of nitrogens with zero attached hydrogens (tertiary/aromatic N) is 2. The minimum Gasteiger partial charge on any atom is -0.452 e. The summed E-state index contributed by atoms with van der Waals surface area (Å²) < 4.78 is 4.84. The van der Waals surface area contributed by atoms with E-state index < -0.39 is 23.4 Å². The number of hydrogen-bond acceptors (Lipinski definition) is 6. The highest BCUT2D eigenvalue weighted by Gasteiger charge is 2.24. The first-order valence-corrected chi connectivity index (χ1v) is 7.62. The topological polar surface area (TPSA) is 122 Å². The molecule has 0 aliphatic carbocycles. The van der Waals surface area contributed by atoms with Crippen LogP contribution in [0.15, 0.2) is 36.4 Å². The van der Waals surface area contributed by atoms with Gasteiger partial charge in [-0.2, -0.15) is 5.26 Å². The highest BCUT2D eigenvalue weighted by molar-refractivity contribution is 6.32. The zero-order chi connectivity index (χ0) is 19.3. The van der Waals surface area contributed by atoms with Crippen LogP contribution in [0.4, 0.5) is 11.4 Å². The predicted molar refractivity (Wildman–Crippen MR) is 92.9 cm³/mol. The number of ether oxygens (including phenoxy) is 1. The van der Waals surface area contributed by atoms with Crippen LogP contribution < -0.4 is 5.32 Å². The van der Waals surface area contributed by atoms with E-state index >= 15 is 0 Å². The van der Waals surface area contributed by atoms with Crippen LogP contribution in [0.25, 0.3) is 0 Å². The number of nitro benzene ring substituents is 1. The molecular formula is C17H12ClN3O5. The number of halogens is 1. The van der Waals surface area contributed by atoms with E-state index in [1.54, 1.807) is 0 Å². The third-order valence-electron chi connectivity index (χ3n) is 3.35. The molecule has 0 aliphatic rings. The van der Waals surface area contributed by atoms with Gasteiger partial charge in [0.05, 0.1) is 15.5 Å². The van der Waals surface area contributed by atoms with Crippen LogP contribution in [0.5, 0.6) is 0 Å². The minimum atomic E-state index is -0.978. The van der Waals surface area contributed by atoms with Gasteiger partial charge in [-0.05, 0) is 31.2 Å². The summed E-state index contributed by atoms with van der Waals surface area (Å²) in [5, 5.41) is 22.5. The van der Waals surface area contributed by atoms with Crippen molar-refractivity contribution in [2.24, 2.45) is 0 Å². The molecule has 0 spiro atoms. The van der Waals surface area contributed by atoms with E-state index in [-0.39, 0.29) is 21.8 Å². The quantitative estimate of drug-likeness (QED) is 0.487. The molecule has 0 saturated carbocycles. The van der Waals surface area contributed by atoms with E-state index in [1.165, 1.54) is 43.3 Å². The fraction of sp³-hybridized carbons (Fsp3) is 0.118. The van der Waals surface area contributed by atoms with Gasteiger partial charge in [-0.3, -0.25) is 14.9 Å². The smallest absolute Gasteiger partial charge is 0.345 e. The number of benzene rings is 2. The zero-order valence-corrected chi connectivity index (χ0v) is 14.2. The molecule has 0 aromatic heterocycles. The fourth-order valence-corrected chi connectivity index (χ4v) is 2.38. The molecule has 8 nitrogen and oxygen atoms in total. The van der Waals surface area contributed by atoms with E-state index in [4.69, 9.17) is 21.6 Å². The molecule has 0 bridgehead atoms. The first-order valence-electron chi connectivity index (χ1n) is 7.24. The second-order valence-corrected chi connectivity index (χ2v) is 5.57. The van der Waals surface area contributed by atoms with Crippen LogP contribution in [0.1, 0.15) is 21.5 Å². The van der Waals surface area contributed by atoms with Crippen LogP contribution in [0.3, 0.4) is 0 Å². The van der Waals surface area contributed by atoms with E-state index in [2.05, 4.69) is 5.32 Å². The summed E-state index contributed by atoms with van der Waals surface area (Å²) in [6, 6.07) is 10.4. The number of esters is 1. The van der Waals surface area contributed by atoms with E-state index in [1.807, 2.05) is 6.07 Å². The summed E-state index contributed by atoms with van der Waals surface area (Å²) in [6.45, 7) is 0.859. The Morgan fingerprint density at radius 2 is 2.08 bits per heavy atom. The minimum absolute atomic E-state index is 0.165. The molecule has 1 amide bonds. The van der Waals surface area contributed by atoms with Crippen molar-refractivity contribution in [1.82, 2.24) is 0 Å². The molecule has 0 fully saturated rings. The molecule has 0 heterocycles. The molecule has 2 aromatic carbocycles. The monoisotopic (exact) mass is 373 g/mol. The number of aryl methyl sites for hydroxylation is 1. The molecule has 0 atom stereocenters. The molecule has 0 aliphatic heterocycles. The van der Waals surface area contributed by atoms with Crippen molar-refractivity contribution in [1.29, 1.82) is 5.26 Å². The largest absolute Gasteiger partial charge is 0.452 e. The molecular weight excluding hydrogens is 362 g/mol. The van der Waals surface area contributed by atoms with E-state index in [0.29, 0.717) is 11.3 Å². The lowest BCUT2D eigenvalue weighted by Crippen LogP contribution is -2.21. The summed E-state index contributed by atoms with van der Waals surface area (Å²) >= 11 is 5.86. The SMILES string of the molecule is Cc1cccc(C(=O)OCC(=O)Nc2ccc(C#N)c(Cl)c2)c1[N+](=O)[O-]. The van der Waals surface area contributed by atoms with Crippen LogP contribution in [0.2, 0.25) is 5.02 Å². The third-order valence-corrected chi connectivity index (χ3v) is 3.66. The second-order valence-electron chi connectivity index (χ2n) is 5.16. The number of carbonyl (C=O) groups excluding carboxylic acids is 2. The Labute approximate surface area is 153 Å². The molecule has 2 aromatic rings. The number of hydrogen-bond donors (Lipinski definition) is 1. The first kappa shape index (κ1) is 18.9. The average Bonchev–Trinajstić information content (AvgIpc) is 2.59. The van der Waals surface area contributed by atoms with Crippen molar-refractivity contribution in [3.8, 4) is 6.07 Å². The summed E-state index contributed by atoms with van der Waals surface area (Å²) in [5.74, 6) is -1.64.